The zero-order chi connectivity index (χ0) is 13.0. The van der Waals surface area contributed by atoms with Gasteiger partial charge in [-0.3, -0.25) is 0 Å². The molecule has 0 aliphatic heterocycles. The molecule has 0 bridgehead atoms. The fraction of sp³-hybridized carbons (Fsp3) is 0.500. The van der Waals surface area contributed by atoms with E-state index in [2.05, 4.69) is 0 Å². The molecule has 0 fully saturated rings. The van der Waals surface area contributed by atoms with Gasteiger partial charge in [0.05, 0.1) is 27.4 Å². The maximum Gasteiger partial charge on any atom is 0.164 e. The number of aliphatic hydroxyl groups excluding tert-OH is 2. The van der Waals surface area contributed by atoms with Crippen LogP contribution in [0.3, 0.4) is 0 Å². The Bertz CT molecular complexity index is 375. The Morgan fingerprint density at radius 1 is 0.882 bits per heavy atom. The Morgan fingerprint density at radius 3 is 1.76 bits per heavy atom. The van der Waals surface area contributed by atoms with Gasteiger partial charge in [-0.1, -0.05) is 0 Å². The van der Waals surface area contributed by atoms with Crippen LogP contribution < -0.4 is 14.2 Å². The molecule has 0 aliphatic carbocycles. The molecule has 0 aromatic heterocycles. The molecule has 17 heavy (non-hydrogen) atoms. The van der Waals surface area contributed by atoms with Crippen LogP contribution in [0.25, 0.3) is 0 Å². The van der Waals surface area contributed by atoms with E-state index >= 15 is 0 Å². The first kappa shape index (κ1) is 13.6. The number of ether oxygens (including phenoxy) is 3. The van der Waals surface area contributed by atoms with Gasteiger partial charge in [0.25, 0.3) is 0 Å². The van der Waals surface area contributed by atoms with Crippen LogP contribution in [0, 0.1) is 0 Å². The molecule has 5 heteroatoms. The lowest BCUT2D eigenvalue weighted by atomic mass is 10.0. The number of hydrogen-bond acceptors (Lipinski definition) is 5. The van der Waals surface area contributed by atoms with Gasteiger partial charge in [0, 0.05) is 11.6 Å². The molecule has 1 rings (SSSR count). The Balaban J connectivity index is 3.28. The number of methoxy groups -OCH3 is 3. The van der Waals surface area contributed by atoms with Crippen LogP contribution in [-0.2, 0) is 0 Å². The molecule has 96 valence electrons. The zero-order valence-electron chi connectivity index (χ0n) is 10.4. The highest BCUT2D eigenvalue weighted by molar-refractivity contribution is 5.51. The van der Waals surface area contributed by atoms with Crippen molar-refractivity contribution in [2.75, 3.05) is 21.3 Å². The lowest BCUT2D eigenvalue weighted by molar-refractivity contribution is 0.0289. The summed E-state index contributed by atoms with van der Waals surface area (Å²) in [6.07, 6.45) is -1.94. The normalized spacial score (nSPS) is 14.0. The van der Waals surface area contributed by atoms with Crippen molar-refractivity contribution < 1.29 is 24.4 Å². The third-order valence-electron chi connectivity index (χ3n) is 2.51. The summed E-state index contributed by atoms with van der Waals surface area (Å²) in [5.41, 5.74) is 0.458. The lowest BCUT2D eigenvalue weighted by Crippen LogP contribution is -2.15. The van der Waals surface area contributed by atoms with Gasteiger partial charge >= 0.3 is 0 Å². The summed E-state index contributed by atoms with van der Waals surface area (Å²) in [7, 11) is 4.50. The van der Waals surface area contributed by atoms with Crippen LogP contribution in [0.4, 0.5) is 0 Å². The van der Waals surface area contributed by atoms with E-state index in [1.165, 1.54) is 28.3 Å². The molecular formula is C12H18O5. The second kappa shape index (κ2) is 5.75. The molecule has 0 saturated heterocycles. The van der Waals surface area contributed by atoms with Gasteiger partial charge in [-0.15, -0.1) is 0 Å². The van der Waals surface area contributed by atoms with Gasteiger partial charge in [-0.2, -0.15) is 0 Å². The Morgan fingerprint density at radius 2 is 1.35 bits per heavy atom. The fourth-order valence-electron chi connectivity index (χ4n) is 1.54. The topological polar surface area (TPSA) is 68.2 Å². The summed E-state index contributed by atoms with van der Waals surface area (Å²) in [5.74, 6) is 1.42. The lowest BCUT2D eigenvalue weighted by Gasteiger charge is -2.19. The zero-order valence-corrected chi connectivity index (χ0v) is 10.4. The van der Waals surface area contributed by atoms with E-state index in [1.54, 1.807) is 12.1 Å². The van der Waals surface area contributed by atoms with Crippen molar-refractivity contribution in [3.63, 3.8) is 0 Å². The SMILES string of the molecule is COc1cc(OC)c(C(O)C(C)O)cc1OC. The summed E-state index contributed by atoms with van der Waals surface area (Å²) in [6, 6.07) is 3.20. The summed E-state index contributed by atoms with van der Waals surface area (Å²) in [6.45, 7) is 1.50. The third kappa shape index (κ3) is 2.81. The van der Waals surface area contributed by atoms with Crippen molar-refractivity contribution in [1.82, 2.24) is 0 Å². The average molecular weight is 242 g/mol. The number of benzene rings is 1. The van der Waals surface area contributed by atoms with E-state index < -0.39 is 12.2 Å². The van der Waals surface area contributed by atoms with Gasteiger partial charge in [-0.25, -0.2) is 0 Å². The van der Waals surface area contributed by atoms with Crippen molar-refractivity contribution in [2.24, 2.45) is 0 Å². The van der Waals surface area contributed by atoms with E-state index in [0.717, 1.165) is 0 Å². The molecule has 2 unspecified atom stereocenters. The van der Waals surface area contributed by atoms with Crippen molar-refractivity contribution in [3.05, 3.63) is 17.7 Å². The Kier molecular flexibility index (Phi) is 4.60. The van der Waals surface area contributed by atoms with E-state index in [0.29, 0.717) is 22.8 Å². The Hall–Kier alpha value is -1.46. The maximum atomic E-state index is 9.87. The molecule has 0 spiro atoms. The molecule has 0 heterocycles. The number of rotatable bonds is 5. The minimum absolute atomic E-state index is 0.441. The molecule has 2 atom stereocenters. The smallest absolute Gasteiger partial charge is 0.164 e. The summed E-state index contributed by atoms with van der Waals surface area (Å²) >= 11 is 0. The fourth-order valence-corrected chi connectivity index (χ4v) is 1.54. The van der Waals surface area contributed by atoms with Gasteiger partial charge < -0.3 is 24.4 Å². The molecule has 1 aromatic carbocycles. The first-order valence-corrected chi connectivity index (χ1v) is 5.21. The highest BCUT2D eigenvalue weighted by atomic mass is 16.5. The monoisotopic (exact) mass is 242 g/mol. The van der Waals surface area contributed by atoms with Crippen LogP contribution in [0.2, 0.25) is 0 Å². The summed E-state index contributed by atoms with van der Waals surface area (Å²) in [5, 5.41) is 19.3. The van der Waals surface area contributed by atoms with Gasteiger partial charge in [0.15, 0.2) is 11.5 Å². The molecular weight excluding hydrogens is 224 g/mol. The highest BCUT2D eigenvalue weighted by Gasteiger charge is 2.21. The van der Waals surface area contributed by atoms with Crippen molar-refractivity contribution in [1.29, 1.82) is 0 Å². The van der Waals surface area contributed by atoms with Crippen molar-refractivity contribution in [3.8, 4) is 17.2 Å². The Labute approximate surface area is 101 Å². The van der Waals surface area contributed by atoms with Crippen LogP contribution in [0.15, 0.2) is 12.1 Å². The van der Waals surface area contributed by atoms with Gasteiger partial charge in [-0.05, 0) is 13.0 Å². The minimum Gasteiger partial charge on any atom is -0.496 e. The molecule has 0 amide bonds. The maximum absolute atomic E-state index is 9.87. The van der Waals surface area contributed by atoms with Crippen LogP contribution in [0.5, 0.6) is 17.2 Å². The molecule has 2 N–H and O–H groups in total. The molecule has 0 saturated carbocycles. The van der Waals surface area contributed by atoms with E-state index in [1.807, 2.05) is 0 Å². The third-order valence-corrected chi connectivity index (χ3v) is 2.51. The quantitative estimate of drug-likeness (QED) is 0.810. The van der Waals surface area contributed by atoms with E-state index in [4.69, 9.17) is 14.2 Å². The molecule has 0 radical (unpaired) electrons. The van der Waals surface area contributed by atoms with Gasteiger partial charge in [0.1, 0.15) is 11.9 Å². The van der Waals surface area contributed by atoms with Crippen molar-refractivity contribution in [2.45, 2.75) is 19.1 Å². The molecule has 1 aromatic rings. The summed E-state index contributed by atoms with van der Waals surface area (Å²) < 4.78 is 15.4. The standard InChI is InChI=1S/C12H18O5/c1-7(13)12(14)8-5-10(16-3)11(17-4)6-9(8)15-2/h5-7,12-14H,1-4H3. The first-order chi connectivity index (χ1) is 8.04. The van der Waals surface area contributed by atoms with Crippen LogP contribution in [-0.4, -0.2) is 37.6 Å². The van der Waals surface area contributed by atoms with Gasteiger partial charge in [0.2, 0.25) is 0 Å². The second-order valence-corrected chi connectivity index (χ2v) is 3.63. The van der Waals surface area contributed by atoms with Crippen molar-refractivity contribution >= 4 is 0 Å². The first-order valence-electron chi connectivity index (χ1n) is 5.21. The van der Waals surface area contributed by atoms with E-state index in [-0.39, 0.29) is 0 Å². The molecule has 5 nitrogen and oxygen atoms in total. The summed E-state index contributed by atoms with van der Waals surface area (Å²) in [4.78, 5) is 0. The predicted molar refractivity (Wildman–Crippen MR) is 62.7 cm³/mol. The highest BCUT2D eigenvalue weighted by Crippen LogP contribution is 2.38. The minimum atomic E-state index is -1.04. The van der Waals surface area contributed by atoms with E-state index in [9.17, 15) is 10.2 Å². The number of hydrogen-bond donors (Lipinski definition) is 2. The van der Waals surface area contributed by atoms with Crippen LogP contribution >= 0.6 is 0 Å². The predicted octanol–water partition coefficient (Wildman–Crippen LogP) is 1.13. The number of aliphatic hydroxyl groups is 2. The average Bonchev–Trinajstić information content (AvgIpc) is 2.35. The second-order valence-electron chi connectivity index (χ2n) is 3.63. The van der Waals surface area contributed by atoms with Crippen LogP contribution in [0.1, 0.15) is 18.6 Å². The molecule has 0 aliphatic rings. The largest absolute Gasteiger partial charge is 0.496 e.